The van der Waals surface area contributed by atoms with Gasteiger partial charge in [-0.3, -0.25) is 14.2 Å². The number of hydrogen-bond acceptors (Lipinski definition) is 8. The van der Waals surface area contributed by atoms with Crippen LogP contribution in [0.3, 0.4) is 0 Å². The van der Waals surface area contributed by atoms with Crippen molar-refractivity contribution in [2.75, 3.05) is 47.5 Å². The minimum Gasteiger partial charge on any atom is -0.756 e. The summed E-state index contributed by atoms with van der Waals surface area (Å²) in [6.45, 7) is 4.02. The molecular weight excluding hydrogens is 954 g/mol. The van der Waals surface area contributed by atoms with Crippen LogP contribution in [-0.2, 0) is 32.7 Å². The third kappa shape index (κ3) is 59.0. The normalized spacial score (nSPS) is 14.4. The highest BCUT2D eigenvalue weighted by Crippen LogP contribution is 2.38. The average Bonchev–Trinajstić information content (AvgIpc) is 3.37. The lowest BCUT2D eigenvalue weighted by atomic mass is 10.1. The van der Waals surface area contributed by atoms with Gasteiger partial charge in [0.2, 0.25) is 0 Å². The summed E-state index contributed by atoms with van der Waals surface area (Å²) in [4.78, 5) is 37.8. The number of quaternary nitrogens is 1. The molecule has 0 rings (SSSR count). The fraction of sp³-hybridized carbons (Fsp3) is 0.600. The third-order valence-electron chi connectivity index (χ3n) is 11.6. The van der Waals surface area contributed by atoms with E-state index in [0.29, 0.717) is 23.9 Å². The fourth-order valence-electron chi connectivity index (χ4n) is 7.11. The number of carbonyl (C=O) groups is 2. The Balaban J connectivity index is 4.20. The number of hydrogen-bond donors (Lipinski definition) is 0. The van der Waals surface area contributed by atoms with Gasteiger partial charge in [-0.1, -0.05) is 217 Å². The van der Waals surface area contributed by atoms with E-state index in [0.717, 1.165) is 148 Å². The topological polar surface area (TPSA) is 111 Å². The van der Waals surface area contributed by atoms with Crippen molar-refractivity contribution in [2.24, 2.45) is 0 Å². The van der Waals surface area contributed by atoms with Gasteiger partial charge in [0, 0.05) is 12.8 Å². The Hall–Kier alpha value is -4.11. The second-order valence-electron chi connectivity index (χ2n) is 19.9. The van der Waals surface area contributed by atoms with Gasteiger partial charge in [0.15, 0.2) is 6.10 Å². The zero-order chi connectivity index (χ0) is 54.9. The molecule has 0 amide bonds. The van der Waals surface area contributed by atoms with Gasteiger partial charge in [-0.25, -0.2) is 0 Å². The molecule has 424 valence electrons. The molecule has 0 aliphatic carbocycles. The second-order valence-corrected chi connectivity index (χ2v) is 21.3. The van der Waals surface area contributed by atoms with Crippen molar-refractivity contribution < 1.29 is 42.1 Å². The minimum absolute atomic E-state index is 0.0443. The summed E-state index contributed by atoms with van der Waals surface area (Å²) in [5, 5.41) is 0. The molecule has 0 N–H and O–H groups in total. The molecule has 0 aromatic carbocycles. The van der Waals surface area contributed by atoms with E-state index in [1.54, 1.807) is 0 Å². The number of phosphoric ester groups is 1. The third-order valence-corrected chi connectivity index (χ3v) is 12.6. The number of allylic oxidation sites excluding steroid dienone is 24. The number of phosphoric acid groups is 1. The zero-order valence-electron chi connectivity index (χ0n) is 47.9. The first-order valence-corrected chi connectivity index (χ1v) is 30.5. The summed E-state index contributed by atoms with van der Waals surface area (Å²) in [6.07, 6.45) is 80.4. The molecule has 0 aromatic heterocycles. The van der Waals surface area contributed by atoms with Crippen molar-refractivity contribution in [1.82, 2.24) is 0 Å². The molecule has 0 aliphatic rings. The van der Waals surface area contributed by atoms with Crippen LogP contribution in [-0.4, -0.2) is 70.0 Å². The van der Waals surface area contributed by atoms with Crippen LogP contribution in [0.25, 0.3) is 0 Å². The molecule has 9 nitrogen and oxygen atoms in total. The number of rotatable bonds is 51. The van der Waals surface area contributed by atoms with Crippen LogP contribution in [0.5, 0.6) is 0 Å². The number of unbranched alkanes of at least 4 members (excludes halogenated alkanes) is 13. The van der Waals surface area contributed by atoms with E-state index in [1.165, 1.54) is 12.8 Å². The maximum atomic E-state index is 12.8. The van der Waals surface area contributed by atoms with Crippen LogP contribution in [0, 0.1) is 0 Å². The van der Waals surface area contributed by atoms with Gasteiger partial charge < -0.3 is 27.9 Å². The Bertz CT molecular complexity index is 1770. The SMILES string of the molecule is CC/C=C\C/C=C\C/C=C\C/C=C\C/C=C\C/C=C\C/C=C\C/C=C\C/C=C\C/C=C\CCCCCCCCC(=O)OC(COC(=O)CCCCCCC/C=C\C/C=C\CCCC)COP(=O)([O-])OCC[N+](C)(C)C. The van der Waals surface area contributed by atoms with Gasteiger partial charge in [-0.2, -0.15) is 0 Å². The van der Waals surface area contributed by atoms with E-state index >= 15 is 0 Å². The summed E-state index contributed by atoms with van der Waals surface area (Å²) >= 11 is 0. The van der Waals surface area contributed by atoms with Crippen LogP contribution >= 0.6 is 7.82 Å². The summed E-state index contributed by atoms with van der Waals surface area (Å²) in [7, 11) is 1.12. The Morgan fingerprint density at radius 1 is 0.427 bits per heavy atom. The molecule has 0 spiro atoms. The molecule has 10 heteroatoms. The van der Waals surface area contributed by atoms with E-state index in [-0.39, 0.29) is 26.1 Å². The molecule has 2 atom stereocenters. The molecule has 75 heavy (non-hydrogen) atoms. The Kier molecular flexibility index (Phi) is 51.7. The van der Waals surface area contributed by atoms with Crippen molar-refractivity contribution in [3.05, 3.63) is 146 Å². The lowest BCUT2D eigenvalue weighted by Crippen LogP contribution is -2.37. The van der Waals surface area contributed by atoms with Crippen molar-refractivity contribution >= 4 is 19.8 Å². The summed E-state index contributed by atoms with van der Waals surface area (Å²) in [5.74, 6) is -0.879. The Morgan fingerprint density at radius 3 is 1.13 bits per heavy atom. The summed E-state index contributed by atoms with van der Waals surface area (Å²) in [5.41, 5.74) is 0. The number of esters is 2. The molecule has 0 aromatic rings. The van der Waals surface area contributed by atoms with E-state index in [4.69, 9.17) is 18.5 Å². The predicted molar refractivity (Wildman–Crippen MR) is 318 cm³/mol. The van der Waals surface area contributed by atoms with Crippen molar-refractivity contribution in [3.8, 4) is 0 Å². The van der Waals surface area contributed by atoms with E-state index in [1.807, 2.05) is 21.1 Å². The number of carbonyl (C=O) groups excluding carboxylic acids is 2. The average molecular weight is 1060 g/mol. The maximum Gasteiger partial charge on any atom is 0.306 e. The second kappa shape index (κ2) is 54.7. The first-order chi connectivity index (χ1) is 36.5. The van der Waals surface area contributed by atoms with Gasteiger partial charge >= 0.3 is 11.9 Å². The molecule has 2 unspecified atom stereocenters. The monoisotopic (exact) mass is 1060 g/mol. The molecule has 0 heterocycles. The lowest BCUT2D eigenvalue weighted by Gasteiger charge is -2.28. The Labute approximate surface area is 459 Å². The minimum atomic E-state index is -4.65. The Morgan fingerprint density at radius 2 is 0.760 bits per heavy atom. The molecule has 0 aliphatic heterocycles. The van der Waals surface area contributed by atoms with Gasteiger partial charge in [-0.05, 0) is 116 Å². The van der Waals surface area contributed by atoms with E-state index in [9.17, 15) is 19.0 Å². The van der Waals surface area contributed by atoms with Crippen molar-refractivity contribution in [2.45, 2.75) is 206 Å². The van der Waals surface area contributed by atoms with E-state index < -0.39 is 32.5 Å². The molecular formula is C65H106NO8P. The van der Waals surface area contributed by atoms with Gasteiger partial charge in [0.05, 0.1) is 27.7 Å². The maximum absolute atomic E-state index is 12.8. The zero-order valence-corrected chi connectivity index (χ0v) is 48.8. The highest BCUT2D eigenvalue weighted by molar-refractivity contribution is 7.45. The number of ether oxygens (including phenoxy) is 2. The van der Waals surface area contributed by atoms with Crippen LogP contribution in [0.15, 0.2) is 146 Å². The van der Waals surface area contributed by atoms with Crippen LogP contribution in [0.1, 0.15) is 200 Å². The standard InChI is InChI=1S/C65H106NO8P/c1-6-8-10-12-14-16-18-20-22-23-24-25-26-27-28-29-30-31-32-33-34-35-36-37-38-39-40-41-42-43-44-46-48-50-52-54-56-58-65(68)74-63(62-73-75(69,70)72-60-59-66(3,4)5)61-71-64(67)57-55-53-51-49-47-45-21-19-17-15-13-11-9-7-2/h8,10,13-16,19-22,24-25,27-28,30-31,33-34,36-37,39-40,42-43,63H,6-7,9,11-12,17-18,23,26,29,32,35,38,41,44-62H2,1-5H3/b10-8-,15-13-,16-14-,21-19-,22-20-,25-24-,28-27-,31-30-,34-33-,37-36-,40-39-,43-42-. The van der Waals surface area contributed by atoms with Gasteiger partial charge in [0.25, 0.3) is 7.82 Å². The molecule has 0 saturated heterocycles. The van der Waals surface area contributed by atoms with Crippen LogP contribution in [0.2, 0.25) is 0 Å². The van der Waals surface area contributed by atoms with Gasteiger partial charge in [-0.15, -0.1) is 0 Å². The summed E-state index contributed by atoms with van der Waals surface area (Å²) < 4.78 is 34.0. The largest absolute Gasteiger partial charge is 0.756 e. The van der Waals surface area contributed by atoms with Crippen LogP contribution in [0.4, 0.5) is 0 Å². The van der Waals surface area contributed by atoms with E-state index in [2.05, 4.69) is 160 Å². The predicted octanol–water partition coefficient (Wildman–Crippen LogP) is 17.7. The lowest BCUT2D eigenvalue weighted by molar-refractivity contribution is -0.870. The quantitative estimate of drug-likeness (QED) is 0.0195. The number of likely N-dealkylation sites (N-methyl/N-ethyl adjacent to an activating group) is 1. The summed E-state index contributed by atoms with van der Waals surface area (Å²) in [6, 6.07) is 0. The van der Waals surface area contributed by atoms with Crippen LogP contribution < -0.4 is 4.89 Å². The first kappa shape index (κ1) is 70.9. The first-order valence-electron chi connectivity index (χ1n) is 29.0. The molecule has 0 bridgehead atoms. The van der Waals surface area contributed by atoms with Crippen molar-refractivity contribution in [1.29, 1.82) is 0 Å². The molecule has 0 fully saturated rings. The highest BCUT2D eigenvalue weighted by Gasteiger charge is 2.21. The molecule has 0 saturated carbocycles. The highest BCUT2D eigenvalue weighted by atomic mass is 31.2. The number of nitrogens with zero attached hydrogens (tertiary/aromatic N) is 1. The van der Waals surface area contributed by atoms with Gasteiger partial charge in [0.1, 0.15) is 19.8 Å². The van der Waals surface area contributed by atoms with Crippen molar-refractivity contribution in [3.63, 3.8) is 0 Å². The fourth-order valence-corrected chi connectivity index (χ4v) is 7.84. The molecule has 0 radical (unpaired) electrons. The smallest absolute Gasteiger partial charge is 0.306 e.